The maximum Gasteiger partial charge on any atom is 0.0352 e. The number of aryl methyl sites for hydroxylation is 1. The van der Waals surface area contributed by atoms with Crippen LogP contribution in [0.3, 0.4) is 0 Å². The van der Waals surface area contributed by atoms with Crippen LogP contribution in [0.5, 0.6) is 0 Å². The molecule has 0 bridgehead atoms. The molecule has 0 aliphatic rings. The fourth-order valence-electron chi connectivity index (χ4n) is 6.77. The molecule has 0 amide bonds. The highest BCUT2D eigenvalue weighted by Crippen LogP contribution is 2.46. The number of benzene rings is 7. The van der Waals surface area contributed by atoms with Gasteiger partial charge in [0.15, 0.2) is 0 Å². The summed E-state index contributed by atoms with van der Waals surface area (Å²) >= 11 is 1.84. The Balaban J connectivity index is 1.43. The first-order valence-corrected chi connectivity index (χ1v) is 15.9. The topological polar surface area (TPSA) is 0 Å². The Bertz CT molecular complexity index is 2350. The molecule has 0 aliphatic carbocycles. The molecule has 8 aromatic rings. The SMILES string of the molecule is C=C/C=C\c1sc2ccc(-c3cc(-c4c5ccccc5c(-c5ccccc5)c5ccccc45)cc4ccccc34)cc2c1C. The molecule has 0 unspecified atom stereocenters. The van der Waals surface area contributed by atoms with E-state index in [1.165, 1.54) is 86.2 Å². The smallest absolute Gasteiger partial charge is 0.0352 e. The molecule has 0 saturated heterocycles. The molecule has 0 spiro atoms. The van der Waals surface area contributed by atoms with E-state index in [2.05, 4.69) is 153 Å². The van der Waals surface area contributed by atoms with Gasteiger partial charge in [0.05, 0.1) is 0 Å². The van der Waals surface area contributed by atoms with E-state index < -0.39 is 0 Å². The minimum atomic E-state index is 1.24. The van der Waals surface area contributed by atoms with Crippen molar-refractivity contribution in [2.45, 2.75) is 6.92 Å². The molecular weight excluding hydrogens is 549 g/mol. The summed E-state index contributed by atoms with van der Waals surface area (Å²) in [4.78, 5) is 1.28. The molecule has 7 aromatic carbocycles. The van der Waals surface area contributed by atoms with Crippen molar-refractivity contribution in [3.8, 4) is 33.4 Å². The molecule has 0 aliphatic heterocycles. The molecule has 0 radical (unpaired) electrons. The molecule has 0 fully saturated rings. The van der Waals surface area contributed by atoms with Gasteiger partial charge in [0.25, 0.3) is 0 Å². The Labute approximate surface area is 261 Å². The van der Waals surface area contributed by atoms with Crippen LogP contribution in [0.15, 0.2) is 152 Å². The lowest BCUT2D eigenvalue weighted by atomic mass is 9.84. The molecule has 8 rings (SSSR count). The van der Waals surface area contributed by atoms with Gasteiger partial charge in [-0.1, -0.05) is 128 Å². The largest absolute Gasteiger partial charge is 0.136 e. The number of rotatable bonds is 5. The molecular formula is C43H30S. The van der Waals surface area contributed by atoms with Crippen LogP contribution in [0, 0.1) is 6.92 Å². The summed E-state index contributed by atoms with van der Waals surface area (Å²) in [6.07, 6.45) is 6.03. The van der Waals surface area contributed by atoms with Crippen LogP contribution < -0.4 is 0 Å². The van der Waals surface area contributed by atoms with Crippen LogP contribution >= 0.6 is 11.3 Å². The lowest BCUT2D eigenvalue weighted by Gasteiger charge is -2.19. The quantitative estimate of drug-likeness (QED) is 0.141. The molecule has 0 saturated carbocycles. The maximum atomic E-state index is 3.85. The van der Waals surface area contributed by atoms with Gasteiger partial charge in [0.2, 0.25) is 0 Å². The Hall–Kier alpha value is -5.24. The van der Waals surface area contributed by atoms with Crippen molar-refractivity contribution in [1.29, 1.82) is 0 Å². The summed E-state index contributed by atoms with van der Waals surface area (Å²) in [7, 11) is 0. The van der Waals surface area contributed by atoms with E-state index in [4.69, 9.17) is 0 Å². The highest BCUT2D eigenvalue weighted by atomic mass is 32.1. The average molecular weight is 579 g/mol. The van der Waals surface area contributed by atoms with Crippen molar-refractivity contribution in [3.05, 3.63) is 163 Å². The van der Waals surface area contributed by atoms with Crippen molar-refractivity contribution in [2.75, 3.05) is 0 Å². The summed E-state index contributed by atoms with van der Waals surface area (Å²) in [5, 5.41) is 8.92. The fraction of sp³-hybridized carbons (Fsp3) is 0.0233. The van der Waals surface area contributed by atoms with Gasteiger partial charge < -0.3 is 0 Å². The van der Waals surface area contributed by atoms with Crippen LogP contribution in [-0.2, 0) is 0 Å². The summed E-state index contributed by atoms with van der Waals surface area (Å²) in [6, 6.07) is 49.2. The second-order valence-corrected chi connectivity index (χ2v) is 12.4. The Morgan fingerprint density at radius 3 is 1.77 bits per heavy atom. The maximum absolute atomic E-state index is 3.85. The van der Waals surface area contributed by atoms with E-state index in [1.54, 1.807) is 0 Å². The second kappa shape index (κ2) is 10.8. The zero-order valence-electron chi connectivity index (χ0n) is 24.5. The van der Waals surface area contributed by atoms with Crippen molar-refractivity contribution in [1.82, 2.24) is 0 Å². The summed E-state index contributed by atoms with van der Waals surface area (Å²) in [5.41, 5.74) is 8.88. The van der Waals surface area contributed by atoms with Crippen molar-refractivity contribution in [3.63, 3.8) is 0 Å². The molecule has 208 valence electrons. The first-order valence-electron chi connectivity index (χ1n) is 15.1. The zero-order chi connectivity index (χ0) is 29.6. The van der Waals surface area contributed by atoms with Crippen LogP contribution in [0.4, 0.5) is 0 Å². The third kappa shape index (κ3) is 4.28. The minimum Gasteiger partial charge on any atom is -0.136 e. The van der Waals surface area contributed by atoms with Crippen LogP contribution in [0.25, 0.3) is 81.9 Å². The second-order valence-electron chi connectivity index (χ2n) is 11.3. The summed E-state index contributed by atoms with van der Waals surface area (Å²) in [6.45, 7) is 6.08. The predicted octanol–water partition coefficient (Wildman–Crippen LogP) is 12.9. The minimum absolute atomic E-state index is 1.24. The molecule has 1 heterocycles. The predicted molar refractivity (Wildman–Crippen MR) is 195 cm³/mol. The van der Waals surface area contributed by atoms with Crippen molar-refractivity contribution in [2.24, 2.45) is 0 Å². The molecule has 0 atom stereocenters. The van der Waals surface area contributed by atoms with Gasteiger partial charge in [0, 0.05) is 9.58 Å². The Morgan fingerprint density at radius 1 is 0.523 bits per heavy atom. The van der Waals surface area contributed by atoms with Crippen LogP contribution in [-0.4, -0.2) is 0 Å². The van der Waals surface area contributed by atoms with Crippen LogP contribution in [0.1, 0.15) is 10.4 Å². The van der Waals surface area contributed by atoms with Crippen molar-refractivity contribution >= 4 is 59.8 Å². The normalized spacial score (nSPS) is 11.8. The highest BCUT2D eigenvalue weighted by Gasteiger charge is 2.18. The first kappa shape index (κ1) is 26.4. The van der Waals surface area contributed by atoms with E-state index in [0.717, 1.165) is 0 Å². The lowest BCUT2D eigenvalue weighted by molar-refractivity contribution is 1.57. The van der Waals surface area contributed by atoms with E-state index in [9.17, 15) is 0 Å². The molecule has 44 heavy (non-hydrogen) atoms. The molecule has 0 nitrogen and oxygen atoms in total. The Morgan fingerprint density at radius 2 is 1.11 bits per heavy atom. The molecule has 0 N–H and O–H groups in total. The van der Waals surface area contributed by atoms with Crippen molar-refractivity contribution < 1.29 is 0 Å². The Kier molecular flexibility index (Phi) is 6.47. The van der Waals surface area contributed by atoms with Crippen LogP contribution in [0.2, 0.25) is 0 Å². The average Bonchev–Trinajstić information content (AvgIpc) is 3.40. The zero-order valence-corrected chi connectivity index (χ0v) is 25.4. The van der Waals surface area contributed by atoms with Gasteiger partial charge >= 0.3 is 0 Å². The van der Waals surface area contributed by atoms with Gasteiger partial charge in [0.1, 0.15) is 0 Å². The number of hydrogen-bond acceptors (Lipinski definition) is 1. The van der Waals surface area contributed by atoms with E-state index in [0.29, 0.717) is 0 Å². The van der Waals surface area contributed by atoms with Gasteiger partial charge in [-0.3, -0.25) is 0 Å². The number of allylic oxidation sites excluding steroid dienone is 2. The fourth-order valence-corrected chi connectivity index (χ4v) is 7.88. The number of fused-ring (bicyclic) bond motifs is 4. The van der Waals surface area contributed by atoms with Gasteiger partial charge in [-0.15, -0.1) is 11.3 Å². The molecule has 1 heteroatoms. The third-order valence-electron chi connectivity index (χ3n) is 8.81. The molecule has 1 aromatic heterocycles. The van der Waals surface area contributed by atoms with E-state index >= 15 is 0 Å². The number of hydrogen-bond donors (Lipinski definition) is 0. The van der Waals surface area contributed by atoms with E-state index in [-0.39, 0.29) is 0 Å². The van der Waals surface area contributed by atoms with E-state index in [1.807, 2.05) is 23.5 Å². The van der Waals surface area contributed by atoms with Gasteiger partial charge in [-0.05, 0) is 114 Å². The monoisotopic (exact) mass is 578 g/mol. The summed E-state index contributed by atoms with van der Waals surface area (Å²) < 4.78 is 1.31. The van der Waals surface area contributed by atoms with Gasteiger partial charge in [-0.2, -0.15) is 0 Å². The highest BCUT2D eigenvalue weighted by molar-refractivity contribution is 7.20. The lowest BCUT2D eigenvalue weighted by Crippen LogP contribution is -1.92. The summed E-state index contributed by atoms with van der Waals surface area (Å²) in [5.74, 6) is 0. The number of thiophene rings is 1. The third-order valence-corrected chi connectivity index (χ3v) is 10.1. The van der Waals surface area contributed by atoms with Gasteiger partial charge in [-0.25, -0.2) is 0 Å². The standard InChI is InChI=1S/C43H30S/c1-3-4-22-40-28(2)38-26-31(23-24-41(38)44-40)39-27-32(25-30-16-8-9-17-33(30)39)43-36-20-12-10-18-34(36)42(29-14-6-5-7-15-29)35-19-11-13-21-37(35)43/h3-27H,1H2,2H3/b22-4-. The first-order chi connectivity index (χ1) is 21.7.